The van der Waals surface area contributed by atoms with Crippen LogP contribution in [0.15, 0.2) is 52.0 Å². The summed E-state index contributed by atoms with van der Waals surface area (Å²) in [5.41, 5.74) is 1.71. The number of carbonyl (C=O) groups is 1. The number of amides is 1. The number of hydrogen-bond donors (Lipinski definition) is 1. The monoisotopic (exact) mass is 472 g/mol. The van der Waals surface area contributed by atoms with Crippen LogP contribution < -0.4 is 15.8 Å². The lowest BCUT2D eigenvalue weighted by molar-refractivity contribution is -0.116. The zero-order chi connectivity index (χ0) is 21.1. The number of fused-ring (bicyclic) bond motifs is 1. The fraction of sp³-hybridized carbons (Fsp3) is 0.318. The molecule has 1 aromatic heterocycles. The van der Waals surface area contributed by atoms with Gasteiger partial charge in [0.05, 0.1) is 28.6 Å². The summed E-state index contributed by atoms with van der Waals surface area (Å²) in [6.45, 7) is 1.97. The third-order valence-corrected chi connectivity index (χ3v) is 5.79. The number of piperidine rings is 1. The summed E-state index contributed by atoms with van der Waals surface area (Å²) in [6.07, 6.45) is 4.88. The van der Waals surface area contributed by atoms with Crippen LogP contribution in [0.2, 0.25) is 0 Å². The number of carbonyl (C=O) groups excluding carboxylic acids is 1. The average molecular weight is 473 g/mol. The Bertz CT molecular complexity index is 1140. The van der Waals surface area contributed by atoms with Crippen molar-refractivity contribution < 1.29 is 9.18 Å². The molecule has 0 aliphatic carbocycles. The van der Waals surface area contributed by atoms with Gasteiger partial charge in [-0.2, -0.15) is 0 Å². The Balaban J connectivity index is 1.48. The second-order valence-corrected chi connectivity index (χ2v) is 8.33. The van der Waals surface area contributed by atoms with Crippen molar-refractivity contribution in [1.29, 1.82) is 0 Å². The Hall–Kier alpha value is -2.74. The molecule has 0 unspecified atom stereocenters. The molecule has 1 N–H and O–H groups in total. The molecular weight excluding hydrogens is 451 g/mol. The third kappa shape index (κ3) is 4.53. The zero-order valence-electron chi connectivity index (χ0n) is 16.4. The van der Waals surface area contributed by atoms with Crippen LogP contribution in [0.3, 0.4) is 0 Å². The van der Waals surface area contributed by atoms with Crippen molar-refractivity contribution in [3.8, 4) is 0 Å². The summed E-state index contributed by atoms with van der Waals surface area (Å²) < 4.78 is 16.0. The minimum Gasteiger partial charge on any atom is -0.370 e. The van der Waals surface area contributed by atoms with E-state index in [1.54, 1.807) is 18.2 Å². The van der Waals surface area contributed by atoms with Crippen LogP contribution >= 0.6 is 15.9 Å². The lowest BCUT2D eigenvalue weighted by atomic mass is 10.1. The van der Waals surface area contributed by atoms with Crippen LogP contribution in [-0.4, -0.2) is 28.5 Å². The molecule has 0 radical (unpaired) electrons. The molecule has 0 spiro atoms. The van der Waals surface area contributed by atoms with Crippen molar-refractivity contribution in [2.75, 3.05) is 23.3 Å². The molecule has 8 heteroatoms. The Morgan fingerprint density at radius 1 is 1.13 bits per heavy atom. The lowest BCUT2D eigenvalue weighted by Gasteiger charge is -2.30. The average Bonchev–Trinajstić information content (AvgIpc) is 2.74. The maximum atomic E-state index is 13.8. The standard InChI is InChI=1S/C22H22BrFN4O2/c23-15-4-6-18-17(12-15)22(30)28(14-25-18)11-8-21(29)26-19-13-16(24)5-7-20(19)27-9-2-1-3-10-27/h4-7,12-14H,1-3,8-11H2,(H,26,29). The molecule has 3 aromatic rings. The van der Waals surface area contributed by atoms with E-state index in [0.717, 1.165) is 36.1 Å². The van der Waals surface area contributed by atoms with Gasteiger partial charge in [-0.1, -0.05) is 15.9 Å². The summed E-state index contributed by atoms with van der Waals surface area (Å²) in [4.78, 5) is 31.7. The summed E-state index contributed by atoms with van der Waals surface area (Å²) >= 11 is 3.36. The summed E-state index contributed by atoms with van der Waals surface area (Å²) in [5.74, 6) is -0.674. The van der Waals surface area contributed by atoms with E-state index in [4.69, 9.17) is 0 Å². The minimum absolute atomic E-state index is 0.0804. The second-order valence-electron chi connectivity index (χ2n) is 7.41. The van der Waals surface area contributed by atoms with Crippen molar-refractivity contribution in [2.24, 2.45) is 0 Å². The predicted molar refractivity (Wildman–Crippen MR) is 119 cm³/mol. The smallest absolute Gasteiger partial charge is 0.261 e. The van der Waals surface area contributed by atoms with Gasteiger partial charge in [-0.3, -0.25) is 14.2 Å². The van der Waals surface area contributed by atoms with Crippen molar-refractivity contribution >= 4 is 44.1 Å². The number of rotatable bonds is 5. The van der Waals surface area contributed by atoms with Crippen molar-refractivity contribution in [1.82, 2.24) is 9.55 Å². The van der Waals surface area contributed by atoms with Gasteiger partial charge in [0.1, 0.15) is 5.82 Å². The normalized spacial score (nSPS) is 14.1. The van der Waals surface area contributed by atoms with Gasteiger partial charge in [0, 0.05) is 30.5 Å². The molecule has 1 aliphatic rings. The molecule has 2 aromatic carbocycles. The van der Waals surface area contributed by atoms with Crippen molar-refractivity contribution in [3.63, 3.8) is 0 Å². The van der Waals surface area contributed by atoms with Crippen LogP contribution in [0.25, 0.3) is 10.9 Å². The van der Waals surface area contributed by atoms with Gasteiger partial charge >= 0.3 is 0 Å². The van der Waals surface area contributed by atoms with Gasteiger partial charge < -0.3 is 10.2 Å². The summed E-state index contributed by atoms with van der Waals surface area (Å²) in [5, 5.41) is 3.31. The first kappa shape index (κ1) is 20.5. The van der Waals surface area contributed by atoms with E-state index in [-0.39, 0.29) is 24.4 Å². The van der Waals surface area contributed by atoms with Gasteiger partial charge in [-0.25, -0.2) is 9.37 Å². The first-order valence-electron chi connectivity index (χ1n) is 10.0. The fourth-order valence-electron chi connectivity index (χ4n) is 3.74. The van der Waals surface area contributed by atoms with E-state index < -0.39 is 5.82 Å². The SMILES string of the molecule is O=C(CCn1cnc2ccc(Br)cc2c1=O)Nc1cc(F)ccc1N1CCCCC1. The van der Waals surface area contributed by atoms with E-state index >= 15 is 0 Å². The molecule has 6 nitrogen and oxygen atoms in total. The predicted octanol–water partition coefficient (Wildman–Crippen LogP) is 4.32. The Morgan fingerprint density at radius 3 is 2.73 bits per heavy atom. The number of halogens is 2. The molecule has 4 rings (SSSR count). The van der Waals surface area contributed by atoms with Gasteiger partial charge in [0.15, 0.2) is 0 Å². The van der Waals surface area contributed by atoms with E-state index in [1.165, 1.54) is 29.4 Å². The van der Waals surface area contributed by atoms with E-state index in [9.17, 15) is 14.0 Å². The minimum atomic E-state index is -0.397. The van der Waals surface area contributed by atoms with Crippen molar-refractivity contribution in [3.05, 3.63) is 63.4 Å². The zero-order valence-corrected chi connectivity index (χ0v) is 18.0. The maximum Gasteiger partial charge on any atom is 0.261 e. The van der Waals surface area contributed by atoms with Crippen molar-refractivity contribution in [2.45, 2.75) is 32.2 Å². The number of nitrogens with one attached hydrogen (secondary N) is 1. The van der Waals surface area contributed by atoms with Gasteiger partial charge in [-0.05, 0) is 55.7 Å². The van der Waals surface area contributed by atoms with Crippen LogP contribution in [0, 0.1) is 5.82 Å². The fourth-order valence-corrected chi connectivity index (χ4v) is 4.11. The first-order valence-corrected chi connectivity index (χ1v) is 10.8. The topological polar surface area (TPSA) is 67.2 Å². The quantitative estimate of drug-likeness (QED) is 0.600. The maximum absolute atomic E-state index is 13.8. The van der Waals surface area contributed by atoms with Gasteiger partial charge in [-0.15, -0.1) is 0 Å². The lowest BCUT2D eigenvalue weighted by Crippen LogP contribution is -2.30. The van der Waals surface area contributed by atoms with Gasteiger partial charge in [0.2, 0.25) is 5.91 Å². The van der Waals surface area contributed by atoms with Crippen LogP contribution in [0.5, 0.6) is 0 Å². The highest BCUT2D eigenvalue weighted by molar-refractivity contribution is 9.10. The number of benzene rings is 2. The Morgan fingerprint density at radius 2 is 1.93 bits per heavy atom. The van der Waals surface area contributed by atoms with Gasteiger partial charge in [0.25, 0.3) is 5.56 Å². The summed E-state index contributed by atoms with van der Waals surface area (Å²) in [7, 11) is 0. The van der Waals surface area contributed by atoms with E-state index in [2.05, 4.69) is 31.1 Å². The number of nitrogens with zero attached hydrogens (tertiary/aromatic N) is 3. The molecule has 2 heterocycles. The van der Waals surface area contributed by atoms with Crippen LogP contribution in [0.4, 0.5) is 15.8 Å². The number of aromatic nitrogens is 2. The Kier molecular flexibility index (Phi) is 6.13. The molecule has 0 atom stereocenters. The molecule has 1 saturated heterocycles. The summed E-state index contributed by atoms with van der Waals surface area (Å²) in [6, 6.07) is 9.79. The third-order valence-electron chi connectivity index (χ3n) is 5.30. The molecule has 0 saturated carbocycles. The molecule has 1 amide bonds. The first-order chi connectivity index (χ1) is 14.5. The number of aryl methyl sites for hydroxylation is 1. The van der Waals surface area contributed by atoms with E-state index in [1.807, 2.05) is 6.07 Å². The molecule has 0 bridgehead atoms. The number of hydrogen-bond acceptors (Lipinski definition) is 4. The number of anilines is 2. The van der Waals surface area contributed by atoms with Crippen LogP contribution in [0.1, 0.15) is 25.7 Å². The molecule has 156 valence electrons. The largest absolute Gasteiger partial charge is 0.370 e. The highest BCUT2D eigenvalue weighted by atomic mass is 79.9. The Labute approximate surface area is 181 Å². The highest BCUT2D eigenvalue weighted by Crippen LogP contribution is 2.29. The molecule has 30 heavy (non-hydrogen) atoms. The highest BCUT2D eigenvalue weighted by Gasteiger charge is 2.17. The van der Waals surface area contributed by atoms with Crippen LogP contribution in [-0.2, 0) is 11.3 Å². The second kappa shape index (κ2) is 8.95. The molecular formula is C22H22BrFN4O2. The van der Waals surface area contributed by atoms with E-state index in [0.29, 0.717) is 16.6 Å². The molecule has 1 fully saturated rings. The molecule has 1 aliphatic heterocycles.